The van der Waals surface area contributed by atoms with Crippen LogP contribution in [0, 0.1) is 0 Å². The van der Waals surface area contributed by atoms with Crippen LogP contribution in [0.4, 0.5) is 0 Å². The second kappa shape index (κ2) is 4.20. The molecule has 0 aliphatic rings. The molecule has 0 amide bonds. The lowest BCUT2D eigenvalue weighted by Gasteiger charge is -2.22. The monoisotopic (exact) mass is 195 g/mol. The minimum atomic E-state index is -3.09. The van der Waals surface area contributed by atoms with E-state index in [1.165, 1.54) is 0 Å². The molecule has 0 spiro atoms. The van der Waals surface area contributed by atoms with E-state index < -0.39 is 15.6 Å². The van der Waals surface area contributed by atoms with Crippen LogP contribution in [0.3, 0.4) is 0 Å². The van der Waals surface area contributed by atoms with Gasteiger partial charge in [0, 0.05) is 13.7 Å². The number of hydrogen-bond donors (Lipinski definition) is 1. The van der Waals surface area contributed by atoms with Crippen LogP contribution in [0.5, 0.6) is 0 Å². The van der Waals surface area contributed by atoms with Crippen molar-refractivity contribution in [2.45, 2.75) is 26.4 Å². The molecule has 0 rings (SSSR count). The number of methoxy groups -OCH3 is 1. The molecule has 0 saturated heterocycles. The van der Waals surface area contributed by atoms with E-state index in [1.807, 2.05) is 13.8 Å². The largest absolute Gasteiger partial charge is 0.377 e. The van der Waals surface area contributed by atoms with Gasteiger partial charge in [-0.25, -0.2) is 13.1 Å². The summed E-state index contributed by atoms with van der Waals surface area (Å²) >= 11 is 0. The lowest BCUT2D eigenvalue weighted by Crippen LogP contribution is -2.40. The number of sulfonamides is 1. The Morgan fingerprint density at radius 1 is 1.42 bits per heavy atom. The van der Waals surface area contributed by atoms with Gasteiger partial charge < -0.3 is 4.74 Å². The van der Waals surface area contributed by atoms with E-state index in [4.69, 9.17) is 4.74 Å². The Morgan fingerprint density at radius 3 is 2.25 bits per heavy atom. The van der Waals surface area contributed by atoms with Crippen molar-refractivity contribution in [1.82, 2.24) is 4.72 Å². The molecule has 0 radical (unpaired) electrons. The number of nitrogens with one attached hydrogen (secondary N) is 1. The van der Waals surface area contributed by atoms with E-state index in [-0.39, 0.29) is 5.75 Å². The SMILES string of the molecule is CCS(=O)(=O)NCC(C)(C)OC. The fourth-order valence-corrected chi connectivity index (χ4v) is 1.23. The maximum absolute atomic E-state index is 11.0. The van der Waals surface area contributed by atoms with Crippen molar-refractivity contribution >= 4 is 10.0 Å². The average molecular weight is 195 g/mol. The zero-order chi connectivity index (χ0) is 9.83. The first-order valence-corrected chi connectivity index (χ1v) is 5.50. The van der Waals surface area contributed by atoms with Gasteiger partial charge in [-0.1, -0.05) is 0 Å². The topological polar surface area (TPSA) is 55.4 Å². The first-order chi connectivity index (χ1) is 5.33. The number of ether oxygens (including phenoxy) is 1. The summed E-state index contributed by atoms with van der Waals surface area (Å²) in [5.41, 5.74) is -0.442. The summed E-state index contributed by atoms with van der Waals surface area (Å²) in [7, 11) is -1.54. The van der Waals surface area contributed by atoms with Crippen LogP contribution in [-0.4, -0.2) is 33.4 Å². The van der Waals surface area contributed by atoms with E-state index in [2.05, 4.69) is 4.72 Å². The Hall–Kier alpha value is -0.130. The zero-order valence-electron chi connectivity index (χ0n) is 8.05. The Bertz CT molecular complexity index is 221. The van der Waals surface area contributed by atoms with Gasteiger partial charge in [0.25, 0.3) is 0 Å². The molecular formula is C7H17NO3S. The van der Waals surface area contributed by atoms with Crippen LogP contribution >= 0.6 is 0 Å². The Kier molecular flexibility index (Phi) is 4.16. The molecular weight excluding hydrogens is 178 g/mol. The molecule has 0 unspecified atom stereocenters. The molecule has 0 aliphatic heterocycles. The smallest absolute Gasteiger partial charge is 0.211 e. The van der Waals surface area contributed by atoms with Crippen molar-refractivity contribution in [3.63, 3.8) is 0 Å². The van der Waals surface area contributed by atoms with E-state index in [0.717, 1.165) is 0 Å². The van der Waals surface area contributed by atoms with Gasteiger partial charge >= 0.3 is 0 Å². The highest BCUT2D eigenvalue weighted by molar-refractivity contribution is 7.89. The fourth-order valence-electron chi connectivity index (χ4n) is 0.458. The van der Waals surface area contributed by atoms with E-state index >= 15 is 0 Å². The van der Waals surface area contributed by atoms with Gasteiger partial charge in [-0.15, -0.1) is 0 Å². The van der Waals surface area contributed by atoms with Crippen molar-refractivity contribution < 1.29 is 13.2 Å². The fraction of sp³-hybridized carbons (Fsp3) is 1.00. The molecule has 0 aromatic rings. The third kappa shape index (κ3) is 4.69. The highest BCUT2D eigenvalue weighted by Crippen LogP contribution is 2.05. The van der Waals surface area contributed by atoms with Crippen LogP contribution in [-0.2, 0) is 14.8 Å². The molecule has 0 heterocycles. The molecule has 12 heavy (non-hydrogen) atoms. The zero-order valence-corrected chi connectivity index (χ0v) is 8.86. The normalized spacial score (nSPS) is 13.3. The van der Waals surface area contributed by atoms with Gasteiger partial charge in [0.05, 0.1) is 11.4 Å². The highest BCUT2D eigenvalue weighted by Gasteiger charge is 2.18. The number of hydrogen-bond acceptors (Lipinski definition) is 3. The van der Waals surface area contributed by atoms with Crippen molar-refractivity contribution in [3.05, 3.63) is 0 Å². The van der Waals surface area contributed by atoms with E-state index in [0.29, 0.717) is 6.54 Å². The second-order valence-electron chi connectivity index (χ2n) is 3.19. The second-order valence-corrected chi connectivity index (χ2v) is 5.28. The van der Waals surface area contributed by atoms with Crippen LogP contribution in [0.2, 0.25) is 0 Å². The molecule has 0 bridgehead atoms. The lowest BCUT2D eigenvalue weighted by atomic mass is 10.1. The minimum Gasteiger partial charge on any atom is -0.377 e. The summed E-state index contributed by atoms with van der Waals surface area (Å²) in [6.45, 7) is 5.55. The minimum absolute atomic E-state index is 0.104. The summed E-state index contributed by atoms with van der Waals surface area (Å²) in [4.78, 5) is 0. The van der Waals surface area contributed by atoms with Gasteiger partial charge in [0.15, 0.2) is 0 Å². The van der Waals surface area contributed by atoms with Crippen molar-refractivity contribution in [2.24, 2.45) is 0 Å². The Balaban J connectivity index is 4.00. The maximum atomic E-state index is 11.0. The molecule has 0 aliphatic carbocycles. The average Bonchev–Trinajstić information content (AvgIpc) is 2.02. The Labute approximate surface area is 74.4 Å². The van der Waals surface area contributed by atoms with Crippen molar-refractivity contribution in [3.8, 4) is 0 Å². The molecule has 0 atom stereocenters. The van der Waals surface area contributed by atoms with Crippen molar-refractivity contribution in [2.75, 3.05) is 19.4 Å². The maximum Gasteiger partial charge on any atom is 0.211 e. The molecule has 0 saturated carbocycles. The summed E-state index contributed by atoms with van der Waals surface area (Å²) in [6, 6.07) is 0. The summed E-state index contributed by atoms with van der Waals surface area (Å²) in [6.07, 6.45) is 0. The molecule has 0 fully saturated rings. The van der Waals surface area contributed by atoms with E-state index in [1.54, 1.807) is 14.0 Å². The Morgan fingerprint density at radius 2 is 1.92 bits per heavy atom. The molecule has 0 aromatic carbocycles. The first-order valence-electron chi connectivity index (χ1n) is 3.85. The first kappa shape index (κ1) is 11.9. The molecule has 4 nitrogen and oxygen atoms in total. The van der Waals surface area contributed by atoms with Gasteiger partial charge in [-0.3, -0.25) is 0 Å². The van der Waals surface area contributed by atoms with Crippen LogP contribution in [0.25, 0.3) is 0 Å². The van der Waals surface area contributed by atoms with Gasteiger partial charge in [0.1, 0.15) is 0 Å². The summed E-state index contributed by atoms with van der Waals surface area (Å²) in [5.74, 6) is 0.104. The molecule has 0 aromatic heterocycles. The van der Waals surface area contributed by atoms with Gasteiger partial charge in [-0.05, 0) is 20.8 Å². The highest BCUT2D eigenvalue weighted by atomic mass is 32.2. The van der Waals surface area contributed by atoms with E-state index in [9.17, 15) is 8.42 Å². The number of rotatable bonds is 5. The molecule has 1 N–H and O–H groups in total. The predicted octanol–water partition coefficient (Wildman–Crippen LogP) is 0.351. The van der Waals surface area contributed by atoms with Gasteiger partial charge in [0.2, 0.25) is 10.0 Å². The predicted molar refractivity (Wildman–Crippen MR) is 48.6 cm³/mol. The quantitative estimate of drug-likeness (QED) is 0.688. The third-order valence-corrected chi connectivity index (χ3v) is 2.99. The van der Waals surface area contributed by atoms with Crippen LogP contribution in [0.1, 0.15) is 20.8 Å². The van der Waals surface area contributed by atoms with Gasteiger partial charge in [-0.2, -0.15) is 0 Å². The molecule has 74 valence electrons. The summed E-state index contributed by atoms with van der Waals surface area (Å²) in [5, 5.41) is 0. The third-order valence-electron chi connectivity index (χ3n) is 1.65. The molecule has 5 heteroatoms. The van der Waals surface area contributed by atoms with Crippen LogP contribution < -0.4 is 4.72 Å². The lowest BCUT2D eigenvalue weighted by molar-refractivity contribution is 0.0276. The van der Waals surface area contributed by atoms with Crippen molar-refractivity contribution in [1.29, 1.82) is 0 Å². The van der Waals surface area contributed by atoms with Crippen LogP contribution in [0.15, 0.2) is 0 Å². The summed E-state index contributed by atoms with van der Waals surface area (Å²) < 4.78 is 29.5. The standard InChI is InChI=1S/C7H17NO3S/c1-5-12(9,10)8-6-7(2,3)11-4/h8H,5-6H2,1-4H3.